The molecule has 2 rings (SSSR count). The van der Waals surface area contributed by atoms with Gasteiger partial charge in [0.15, 0.2) is 5.17 Å². The fourth-order valence-electron chi connectivity index (χ4n) is 1.66. The minimum atomic E-state index is -3.83. The number of nitrogens with one attached hydrogen (secondary N) is 1. The van der Waals surface area contributed by atoms with Crippen LogP contribution in [0.2, 0.25) is 0 Å². The van der Waals surface area contributed by atoms with E-state index in [1.54, 1.807) is 12.1 Å². The third-order valence-corrected chi connectivity index (χ3v) is 4.44. The molecule has 0 radical (unpaired) electrons. The number of halogens is 1. The summed E-state index contributed by atoms with van der Waals surface area (Å²) in [5.41, 5.74) is 1.18. The summed E-state index contributed by atoms with van der Waals surface area (Å²) in [6, 6.07) is 11.5. The van der Waals surface area contributed by atoms with Crippen molar-refractivity contribution in [2.45, 2.75) is 11.8 Å². The summed E-state index contributed by atoms with van der Waals surface area (Å²) >= 11 is 5.91. The van der Waals surface area contributed by atoms with E-state index in [0.717, 1.165) is 5.56 Å². The van der Waals surface area contributed by atoms with E-state index in [1.807, 2.05) is 11.8 Å². The number of sulfonamides is 1. The zero-order valence-corrected chi connectivity index (χ0v) is 13.5. The highest BCUT2D eigenvalue weighted by molar-refractivity contribution is 7.89. The second-order valence-corrected chi connectivity index (χ2v) is 6.63. The van der Waals surface area contributed by atoms with Crippen molar-refractivity contribution in [2.24, 2.45) is 5.10 Å². The molecular formula is C14H12ClN3O4S. The van der Waals surface area contributed by atoms with Gasteiger partial charge in [0, 0.05) is 17.7 Å². The summed E-state index contributed by atoms with van der Waals surface area (Å²) in [6.45, 7) is 1.84. The van der Waals surface area contributed by atoms with Crippen LogP contribution in [0.5, 0.6) is 0 Å². The van der Waals surface area contributed by atoms with Gasteiger partial charge in [-0.1, -0.05) is 29.3 Å². The van der Waals surface area contributed by atoms with Gasteiger partial charge in [0.1, 0.15) is 0 Å². The van der Waals surface area contributed by atoms with Crippen LogP contribution in [-0.2, 0) is 10.0 Å². The lowest BCUT2D eigenvalue weighted by Gasteiger charge is -2.05. The Labute approximate surface area is 137 Å². The maximum Gasteiger partial charge on any atom is 0.276 e. The van der Waals surface area contributed by atoms with E-state index in [1.165, 1.54) is 36.4 Å². The first kappa shape index (κ1) is 16.9. The molecule has 0 fully saturated rings. The molecule has 0 aromatic heterocycles. The lowest BCUT2D eigenvalue weighted by molar-refractivity contribution is -0.384. The number of hydrogen-bond acceptors (Lipinski definition) is 5. The molecule has 2 aromatic rings. The standard InChI is InChI=1S/C14H12ClN3O4S/c1-10-2-8-13(9-3-10)23(21,22)17-16-14(15)11-4-6-12(7-5-11)18(19)20/h2-9,17H,1H3. The molecule has 0 amide bonds. The van der Waals surface area contributed by atoms with E-state index >= 15 is 0 Å². The van der Waals surface area contributed by atoms with Crippen molar-refractivity contribution >= 4 is 32.5 Å². The van der Waals surface area contributed by atoms with Crippen LogP contribution in [0.1, 0.15) is 11.1 Å². The Bertz CT molecular complexity index is 847. The van der Waals surface area contributed by atoms with Gasteiger partial charge in [0.2, 0.25) is 0 Å². The van der Waals surface area contributed by atoms with Crippen LogP contribution < -0.4 is 4.83 Å². The van der Waals surface area contributed by atoms with Gasteiger partial charge in [0.25, 0.3) is 15.7 Å². The second-order valence-electron chi connectivity index (χ2n) is 4.61. The number of hydrazone groups is 1. The predicted molar refractivity (Wildman–Crippen MR) is 87.0 cm³/mol. The Morgan fingerprint density at radius 1 is 1.13 bits per heavy atom. The van der Waals surface area contributed by atoms with Crippen molar-refractivity contribution in [3.63, 3.8) is 0 Å². The van der Waals surface area contributed by atoms with Crippen molar-refractivity contribution in [3.8, 4) is 0 Å². The topological polar surface area (TPSA) is 102 Å². The fraction of sp³-hybridized carbons (Fsp3) is 0.0714. The number of aryl methyl sites for hydroxylation is 1. The van der Waals surface area contributed by atoms with Gasteiger partial charge in [-0.2, -0.15) is 18.4 Å². The van der Waals surface area contributed by atoms with Crippen molar-refractivity contribution in [1.29, 1.82) is 0 Å². The Kier molecular flexibility index (Phi) is 4.97. The molecule has 0 atom stereocenters. The molecule has 0 aliphatic rings. The van der Waals surface area contributed by atoms with Crippen LogP contribution in [0.25, 0.3) is 0 Å². The van der Waals surface area contributed by atoms with Crippen molar-refractivity contribution in [2.75, 3.05) is 0 Å². The molecule has 0 unspecified atom stereocenters. The monoisotopic (exact) mass is 353 g/mol. The maximum absolute atomic E-state index is 12.1. The molecule has 0 heterocycles. The summed E-state index contributed by atoms with van der Waals surface area (Å²) in [5, 5.41) is 14.1. The average molecular weight is 354 g/mol. The smallest absolute Gasteiger partial charge is 0.258 e. The van der Waals surface area contributed by atoms with Gasteiger partial charge < -0.3 is 0 Å². The number of rotatable bonds is 5. The van der Waals surface area contributed by atoms with E-state index in [-0.39, 0.29) is 15.8 Å². The molecule has 0 bridgehead atoms. The molecule has 2 aromatic carbocycles. The first-order valence-corrected chi connectivity index (χ1v) is 8.22. The zero-order chi connectivity index (χ0) is 17.0. The first-order valence-electron chi connectivity index (χ1n) is 6.36. The van der Waals surface area contributed by atoms with E-state index in [2.05, 4.69) is 5.10 Å². The second kappa shape index (κ2) is 6.76. The summed E-state index contributed by atoms with van der Waals surface area (Å²) in [6.07, 6.45) is 0. The molecule has 23 heavy (non-hydrogen) atoms. The third kappa shape index (κ3) is 4.27. The van der Waals surface area contributed by atoms with E-state index in [0.29, 0.717) is 5.56 Å². The number of nitro benzene ring substituents is 1. The Balaban J connectivity index is 2.18. The fourth-order valence-corrected chi connectivity index (χ4v) is 2.69. The molecule has 9 heteroatoms. The third-order valence-electron chi connectivity index (χ3n) is 2.91. The van der Waals surface area contributed by atoms with Gasteiger partial charge in [-0.25, -0.2) is 0 Å². The molecule has 1 N–H and O–H groups in total. The average Bonchev–Trinajstić information content (AvgIpc) is 2.53. The first-order chi connectivity index (χ1) is 10.8. The number of non-ortho nitro benzene ring substituents is 1. The summed E-state index contributed by atoms with van der Waals surface area (Å²) in [4.78, 5) is 12.1. The molecule has 0 spiro atoms. The van der Waals surface area contributed by atoms with Crippen molar-refractivity contribution < 1.29 is 13.3 Å². The van der Waals surface area contributed by atoms with E-state index in [4.69, 9.17) is 11.6 Å². The van der Waals surface area contributed by atoms with Crippen LogP contribution in [0.4, 0.5) is 5.69 Å². The van der Waals surface area contributed by atoms with Crippen LogP contribution in [-0.4, -0.2) is 18.5 Å². The van der Waals surface area contributed by atoms with Gasteiger partial charge in [-0.15, -0.1) is 0 Å². The number of nitro groups is 1. The summed E-state index contributed by atoms with van der Waals surface area (Å²) in [5.74, 6) is 0. The van der Waals surface area contributed by atoms with Crippen LogP contribution in [0.15, 0.2) is 58.5 Å². The molecule has 120 valence electrons. The molecule has 0 saturated heterocycles. The highest BCUT2D eigenvalue weighted by Gasteiger charge is 2.13. The van der Waals surface area contributed by atoms with Crippen LogP contribution in [0, 0.1) is 17.0 Å². The SMILES string of the molecule is Cc1ccc(S(=O)(=O)NN=C(Cl)c2ccc([N+](=O)[O-])cc2)cc1. The minimum Gasteiger partial charge on any atom is -0.258 e. The largest absolute Gasteiger partial charge is 0.276 e. The maximum atomic E-state index is 12.1. The summed E-state index contributed by atoms with van der Waals surface area (Å²) in [7, 11) is -3.83. The number of benzene rings is 2. The Hall–Kier alpha value is -2.45. The molecule has 0 aliphatic heterocycles. The molecule has 7 nitrogen and oxygen atoms in total. The quantitative estimate of drug-likeness (QED) is 0.507. The van der Waals surface area contributed by atoms with Gasteiger partial charge in [-0.05, 0) is 31.2 Å². The highest BCUT2D eigenvalue weighted by Crippen LogP contribution is 2.14. The zero-order valence-electron chi connectivity index (χ0n) is 11.9. The minimum absolute atomic E-state index is 0.0556. The highest BCUT2D eigenvalue weighted by atomic mass is 35.5. The molecular weight excluding hydrogens is 342 g/mol. The number of nitrogens with zero attached hydrogens (tertiary/aromatic N) is 2. The molecule has 0 saturated carbocycles. The Morgan fingerprint density at radius 2 is 1.70 bits per heavy atom. The lowest BCUT2D eigenvalue weighted by Crippen LogP contribution is -2.19. The van der Waals surface area contributed by atoms with Crippen molar-refractivity contribution in [1.82, 2.24) is 4.83 Å². The van der Waals surface area contributed by atoms with Gasteiger partial charge in [0.05, 0.1) is 9.82 Å². The summed E-state index contributed by atoms with van der Waals surface area (Å²) < 4.78 is 24.1. The van der Waals surface area contributed by atoms with Gasteiger partial charge in [-0.3, -0.25) is 10.1 Å². The predicted octanol–water partition coefficient (Wildman–Crippen LogP) is 2.78. The van der Waals surface area contributed by atoms with E-state index < -0.39 is 14.9 Å². The van der Waals surface area contributed by atoms with Gasteiger partial charge >= 0.3 is 0 Å². The molecule has 0 aliphatic carbocycles. The number of hydrogen-bond donors (Lipinski definition) is 1. The normalized spacial score (nSPS) is 12.0. The van der Waals surface area contributed by atoms with E-state index in [9.17, 15) is 18.5 Å². The van der Waals surface area contributed by atoms with Crippen molar-refractivity contribution in [3.05, 3.63) is 69.8 Å². The Morgan fingerprint density at radius 3 is 2.22 bits per heavy atom. The lowest BCUT2D eigenvalue weighted by atomic mass is 10.2. The van der Waals surface area contributed by atoms with Crippen LogP contribution in [0.3, 0.4) is 0 Å². The van der Waals surface area contributed by atoms with Crippen LogP contribution >= 0.6 is 11.6 Å².